The molecule has 9 heteroatoms. The van der Waals surface area contributed by atoms with Crippen LogP contribution in [0.2, 0.25) is 10.0 Å². The molecule has 2 aromatic rings. The lowest BCUT2D eigenvalue weighted by Gasteiger charge is -2.41. The Morgan fingerprint density at radius 2 is 1.84 bits per heavy atom. The first-order valence-corrected chi connectivity index (χ1v) is 11.1. The number of hydrogen-bond donors (Lipinski definition) is 2. The van der Waals surface area contributed by atoms with Gasteiger partial charge in [-0.25, -0.2) is 5.84 Å². The zero-order valence-electron chi connectivity index (χ0n) is 17.6. The van der Waals surface area contributed by atoms with Crippen LogP contribution < -0.4 is 16.2 Å². The second kappa shape index (κ2) is 11.3. The first-order valence-electron chi connectivity index (χ1n) is 10.4. The van der Waals surface area contributed by atoms with Crippen molar-refractivity contribution in [3.63, 3.8) is 0 Å². The van der Waals surface area contributed by atoms with Crippen LogP contribution in [0.25, 0.3) is 0 Å². The standard InChI is InChI=1S/C22H27Cl2N7/c1-2-3-8-28-22(29-26)20(17-6-4-16(13-25)5-7-17)30-9-11-31(12-10-30)21-18(23)14-27-15-19(21)24/h4-7,14-15,20H,2-3,8-12,26H2,1H3,(H,28,29). The number of nitrogens with two attached hydrogens (primary N) is 1. The number of aromatic nitrogens is 1. The molecule has 1 saturated heterocycles. The van der Waals surface area contributed by atoms with E-state index in [2.05, 4.69) is 33.2 Å². The number of hydrazine groups is 1. The van der Waals surface area contributed by atoms with E-state index in [1.54, 1.807) is 12.4 Å². The number of halogens is 2. The van der Waals surface area contributed by atoms with Gasteiger partial charge >= 0.3 is 0 Å². The van der Waals surface area contributed by atoms with Gasteiger partial charge in [0.15, 0.2) is 0 Å². The van der Waals surface area contributed by atoms with Crippen LogP contribution in [0, 0.1) is 11.3 Å². The number of pyridine rings is 1. The molecule has 1 fully saturated rings. The lowest BCUT2D eigenvalue weighted by molar-refractivity contribution is 0.226. The van der Waals surface area contributed by atoms with Crippen LogP contribution in [-0.4, -0.2) is 48.4 Å². The molecule has 0 aliphatic carbocycles. The second-order valence-corrected chi connectivity index (χ2v) is 8.19. The number of nitriles is 1. The molecule has 3 rings (SSSR count). The minimum absolute atomic E-state index is 0.125. The van der Waals surface area contributed by atoms with E-state index in [0.29, 0.717) is 22.2 Å². The topological polar surface area (TPSA) is 93.6 Å². The summed E-state index contributed by atoms with van der Waals surface area (Å²) in [5.41, 5.74) is 5.31. The van der Waals surface area contributed by atoms with Gasteiger partial charge in [-0.05, 0) is 24.1 Å². The maximum absolute atomic E-state index is 9.15. The highest BCUT2D eigenvalue weighted by molar-refractivity contribution is 6.38. The summed E-state index contributed by atoms with van der Waals surface area (Å²) in [5.74, 6) is 6.63. The van der Waals surface area contributed by atoms with Crippen molar-refractivity contribution in [3.05, 3.63) is 57.8 Å². The van der Waals surface area contributed by atoms with Gasteiger partial charge in [0.25, 0.3) is 0 Å². The summed E-state index contributed by atoms with van der Waals surface area (Å²) < 4.78 is 0. The summed E-state index contributed by atoms with van der Waals surface area (Å²) in [4.78, 5) is 13.3. The van der Waals surface area contributed by atoms with Crippen LogP contribution in [0.3, 0.4) is 0 Å². The highest BCUT2D eigenvalue weighted by Gasteiger charge is 2.30. The molecule has 164 valence electrons. The van der Waals surface area contributed by atoms with Gasteiger partial charge in [-0.1, -0.05) is 48.7 Å². The number of piperazine rings is 1. The van der Waals surface area contributed by atoms with E-state index in [9.17, 15) is 0 Å². The summed E-state index contributed by atoms with van der Waals surface area (Å²) in [6, 6.07) is 9.65. The average molecular weight is 460 g/mol. The maximum Gasteiger partial charge on any atom is 0.133 e. The van der Waals surface area contributed by atoms with E-state index in [1.807, 2.05) is 24.3 Å². The van der Waals surface area contributed by atoms with Crippen molar-refractivity contribution in [2.75, 3.05) is 37.6 Å². The molecule has 1 aromatic heterocycles. The third kappa shape index (κ3) is 5.66. The molecule has 2 heterocycles. The molecular weight excluding hydrogens is 433 g/mol. The number of hydrogen-bond acceptors (Lipinski definition) is 6. The maximum atomic E-state index is 9.15. The van der Waals surface area contributed by atoms with Crippen LogP contribution >= 0.6 is 23.2 Å². The number of amidine groups is 1. The van der Waals surface area contributed by atoms with Gasteiger partial charge in [0.2, 0.25) is 0 Å². The Morgan fingerprint density at radius 3 is 2.39 bits per heavy atom. The van der Waals surface area contributed by atoms with Crippen molar-refractivity contribution in [3.8, 4) is 6.07 Å². The Kier molecular flexibility index (Phi) is 8.50. The molecule has 1 atom stereocenters. The molecule has 1 unspecified atom stereocenters. The first-order chi connectivity index (χ1) is 15.1. The average Bonchev–Trinajstić information content (AvgIpc) is 2.79. The summed E-state index contributed by atoms with van der Waals surface area (Å²) in [7, 11) is 0. The predicted octanol–water partition coefficient (Wildman–Crippen LogP) is 3.79. The quantitative estimate of drug-likeness (QED) is 0.215. The molecule has 1 aromatic carbocycles. The van der Waals surface area contributed by atoms with Crippen molar-refractivity contribution in [1.29, 1.82) is 5.26 Å². The smallest absolute Gasteiger partial charge is 0.133 e. The lowest BCUT2D eigenvalue weighted by atomic mass is 10.0. The minimum Gasteiger partial charge on any atom is -0.366 e. The molecule has 0 bridgehead atoms. The fourth-order valence-electron chi connectivity index (χ4n) is 3.76. The molecule has 0 spiro atoms. The third-order valence-electron chi connectivity index (χ3n) is 5.38. The molecule has 31 heavy (non-hydrogen) atoms. The Hall–Kier alpha value is -2.37. The van der Waals surface area contributed by atoms with Crippen molar-refractivity contribution in [2.24, 2.45) is 10.8 Å². The van der Waals surface area contributed by atoms with Crippen LogP contribution in [-0.2, 0) is 0 Å². The van der Waals surface area contributed by atoms with E-state index in [4.69, 9.17) is 39.3 Å². The molecular formula is C22H27Cl2N7. The summed E-state index contributed by atoms with van der Waals surface area (Å²) in [6.07, 6.45) is 5.30. The highest BCUT2D eigenvalue weighted by Crippen LogP contribution is 2.34. The summed E-state index contributed by atoms with van der Waals surface area (Å²) in [5, 5.41) is 10.3. The van der Waals surface area contributed by atoms with Crippen molar-refractivity contribution in [1.82, 2.24) is 15.3 Å². The molecule has 7 nitrogen and oxygen atoms in total. The van der Waals surface area contributed by atoms with E-state index < -0.39 is 0 Å². The van der Waals surface area contributed by atoms with Gasteiger partial charge in [-0.2, -0.15) is 5.26 Å². The Labute approximate surface area is 193 Å². The molecule has 1 aliphatic rings. The van der Waals surface area contributed by atoms with E-state index in [-0.39, 0.29) is 6.04 Å². The first kappa shape index (κ1) is 23.3. The fourth-order valence-corrected chi connectivity index (χ4v) is 4.36. The monoisotopic (exact) mass is 459 g/mol. The third-order valence-corrected chi connectivity index (χ3v) is 5.93. The van der Waals surface area contributed by atoms with Crippen LogP contribution in [0.5, 0.6) is 0 Å². The van der Waals surface area contributed by atoms with Gasteiger partial charge in [0, 0.05) is 45.1 Å². The fraction of sp³-hybridized carbons (Fsp3) is 0.409. The highest BCUT2D eigenvalue weighted by atomic mass is 35.5. The van der Waals surface area contributed by atoms with E-state index >= 15 is 0 Å². The number of anilines is 1. The van der Waals surface area contributed by atoms with Crippen molar-refractivity contribution >= 4 is 34.7 Å². The van der Waals surface area contributed by atoms with Crippen molar-refractivity contribution < 1.29 is 0 Å². The number of nitrogens with one attached hydrogen (secondary N) is 1. The largest absolute Gasteiger partial charge is 0.366 e. The lowest BCUT2D eigenvalue weighted by Crippen LogP contribution is -2.52. The molecule has 0 radical (unpaired) electrons. The molecule has 0 saturated carbocycles. The zero-order chi connectivity index (χ0) is 22.2. The number of unbranched alkanes of at least 4 members (excludes halogenated alkanes) is 1. The number of benzene rings is 1. The zero-order valence-corrected chi connectivity index (χ0v) is 19.1. The summed E-state index contributed by atoms with van der Waals surface area (Å²) >= 11 is 12.7. The van der Waals surface area contributed by atoms with E-state index in [0.717, 1.165) is 56.1 Å². The second-order valence-electron chi connectivity index (χ2n) is 7.38. The van der Waals surface area contributed by atoms with Gasteiger partial charge in [0.1, 0.15) is 5.84 Å². The molecule has 3 N–H and O–H groups in total. The molecule has 0 amide bonds. The Bertz CT molecular complexity index is 912. The number of nitrogens with zero attached hydrogens (tertiary/aromatic N) is 5. The molecule has 1 aliphatic heterocycles. The predicted molar refractivity (Wildman–Crippen MR) is 126 cm³/mol. The van der Waals surface area contributed by atoms with Crippen LogP contribution in [0.15, 0.2) is 41.7 Å². The SMILES string of the molecule is CCCCN=C(NN)C(c1ccc(C#N)cc1)N1CCN(c2c(Cl)cncc2Cl)CC1. The van der Waals surface area contributed by atoms with Crippen LogP contribution in [0.4, 0.5) is 5.69 Å². The number of aliphatic imine (C=N–C) groups is 1. The van der Waals surface area contributed by atoms with Gasteiger partial charge in [-0.15, -0.1) is 0 Å². The Balaban J connectivity index is 1.84. The summed E-state index contributed by atoms with van der Waals surface area (Å²) in [6.45, 7) is 5.90. The normalized spacial score (nSPS) is 16.1. The Morgan fingerprint density at radius 1 is 1.19 bits per heavy atom. The van der Waals surface area contributed by atoms with E-state index in [1.165, 1.54) is 0 Å². The van der Waals surface area contributed by atoms with Gasteiger partial charge < -0.3 is 10.3 Å². The van der Waals surface area contributed by atoms with Crippen molar-refractivity contribution in [2.45, 2.75) is 25.8 Å². The minimum atomic E-state index is -0.125. The number of rotatable bonds is 7. The van der Waals surface area contributed by atoms with Gasteiger partial charge in [-0.3, -0.25) is 14.9 Å². The van der Waals surface area contributed by atoms with Gasteiger partial charge in [0.05, 0.1) is 33.4 Å². The van der Waals surface area contributed by atoms with Crippen LogP contribution in [0.1, 0.15) is 36.9 Å².